The predicted octanol–water partition coefficient (Wildman–Crippen LogP) is 2.49. The first-order valence-electron chi connectivity index (χ1n) is 6.43. The van der Waals surface area contributed by atoms with Crippen LogP contribution in [0.2, 0.25) is 0 Å². The largest absolute Gasteiger partial charge is 0.462 e. The lowest BCUT2D eigenvalue weighted by Gasteiger charge is -2.08. The second-order valence-corrected chi connectivity index (χ2v) is 5.03. The molecule has 0 radical (unpaired) electrons. The van der Waals surface area contributed by atoms with E-state index in [0.29, 0.717) is 45.8 Å². The summed E-state index contributed by atoms with van der Waals surface area (Å²) in [6.45, 7) is 2.88. The number of rotatable bonds is 3. The molecule has 0 saturated carbocycles. The number of hydrogen-bond donors (Lipinski definition) is 2. The maximum atomic E-state index is 9.57. The number of H-pyrrole nitrogens is 1. The van der Waals surface area contributed by atoms with Crippen molar-refractivity contribution in [2.24, 2.45) is 5.73 Å². The Morgan fingerprint density at radius 2 is 2.38 bits per heavy atom. The molecular weight excluding hydrogens is 286 g/mol. The molecule has 3 rings (SSSR count). The van der Waals surface area contributed by atoms with Crippen molar-refractivity contribution in [1.29, 1.82) is 5.26 Å². The Kier molecular flexibility index (Phi) is 3.33. The topological polar surface area (TPSA) is 96.6 Å². The van der Waals surface area contributed by atoms with Crippen molar-refractivity contribution in [3.63, 3.8) is 0 Å². The molecule has 0 bridgehead atoms. The van der Waals surface area contributed by atoms with Crippen molar-refractivity contribution < 1.29 is 4.42 Å². The minimum Gasteiger partial charge on any atom is -0.462 e. The highest BCUT2D eigenvalue weighted by Gasteiger charge is 2.23. The number of nitrogens with zero attached hydrogens (tertiary/aromatic N) is 3. The Hall–Kier alpha value is -2.43. The van der Waals surface area contributed by atoms with E-state index in [2.05, 4.69) is 16.0 Å². The van der Waals surface area contributed by atoms with Crippen molar-refractivity contribution in [2.45, 2.75) is 13.5 Å². The average molecular weight is 299 g/mol. The van der Waals surface area contributed by atoms with Crippen LogP contribution in [0.5, 0.6) is 0 Å². The molecule has 0 amide bonds. The summed E-state index contributed by atoms with van der Waals surface area (Å²) in [6, 6.07) is 4.09. The molecule has 0 fully saturated rings. The predicted molar refractivity (Wildman–Crippen MR) is 81.1 cm³/mol. The molecule has 6 nitrogen and oxygen atoms in total. The van der Waals surface area contributed by atoms with Gasteiger partial charge in [-0.25, -0.2) is 4.98 Å². The number of aromatic nitrogens is 3. The van der Waals surface area contributed by atoms with Crippen molar-refractivity contribution in [3.8, 4) is 17.5 Å². The molecule has 3 N–H and O–H groups in total. The summed E-state index contributed by atoms with van der Waals surface area (Å²) < 4.78 is 7.91. The van der Waals surface area contributed by atoms with Gasteiger partial charge in [-0.3, -0.25) is 0 Å². The summed E-state index contributed by atoms with van der Waals surface area (Å²) in [5, 5.41) is 9.57. The third kappa shape index (κ3) is 1.96. The van der Waals surface area contributed by atoms with Gasteiger partial charge in [0.05, 0.1) is 18.1 Å². The number of aromatic amines is 1. The first-order valence-corrected chi connectivity index (χ1v) is 6.84. The highest BCUT2D eigenvalue weighted by molar-refractivity contribution is 7.71. The summed E-state index contributed by atoms with van der Waals surface area (Å²) in [5.41, 5.74) is 9.22. The molecule has 7 heteroatoms. The lowest BCUT2D eigenvalue weighted by molar-refractivity contribution is 0.571. The van der Waals surface area contributed by atoms with E-state index in [0.717, 1.165) is 5.56 Å². The summed E-state index contributed by atoms with van der Waals surface area (Å²) in [4.78, 5) is 7.11. The fourth-order valence-corrected chi connectivity index (χ4v) is 2.78. The summed E-state index contributed by atoms with van der Waals surface area (Å²) in [6.07, 6.45) is 3.10. The van der Waals surface area contributed by atoms with Crippen LogP contribution in [0.1, 0.15) is 11.1 Å². The Bertz CT molecular complexity index is 912. The standard InChI is InChI=1S/C14H13N5OS/c1-8-2-5-20-13(8)11-9(6-16)10-12(19(11)4-3-15)14(21)18-7-17-10/h2,5,7H,3-4,15H2,1H3,(H,17,18,21). The molecule has 0 spiro atoms. The van der Waals surface area contributed by atoms with Gasteiger partial charge in [0, 0.05) is 13.1 Å². The van der Waals surface area contributed by atoms with Crippen molar-refractivity contribution in [3.05, 3.63) is 34.4 Å². The maximum Gasteiger partial charge on any atom is 0.154 e. The van der Waals surface area contributed by atoms with Crippen LogP contribution in [0.25, 0.3) is 22.5 Å². The van der Waals surface area contributed by atoms with Crippen LogP contribution in [-0.2, 0) is 6.54 Å². The average Bonchev–Trinajstić information content (AvgIpc) is 3.01. The zero-order valence-electron chi connectivity index (χ0n) is 11.4. The zero-order chi connectivity index (χ0) is 15.0. The van der Waals surface area contributed by atoms with Crippen molar-refractivity contribution in [2.75, 3.05) is 6.54 Å². The van der Waals surface area contributed by atoms with Gasteiger partial charge in [0.1, 0.15) is 22.8 Å². The Balaban J connectivity index is 2.51. The van der Waals surface area contributed by atoms with Gasteiger partial charge in [0.2, 0.25) is 0 Å². The van der Waals surface area contributed by atoms with Gasteiger partial charge in [-0.1, -0.05) is 12.2 Å². The highest BCUT2D eigenvalue weighted by atomic mass is 32.1. The molecule has 106 valence electrons. The maximum absolute atomic E-state index is 9.57. The number of aryl methyl sites for hydroxylation is 1. The van der Waals surface area contributed by atoms with Gasteiger partial charge in [-0.05, 0) is 18.6 Å². The quantitative estimate of drug-likeness (QED) is 0.724. The molecule has 3 aromatic heterocycles. The zero-order valence-corrected chi connectivity index (χ0v) is 12.2. The van der Waals surface area contributed by atoms with Gasteiger partial charge < -0.3 is 19.7 Å². The minimum atomic E-state index is 0.422. The summed E-state index contributed by atoms with van der Waals surface area (Å²) >= 11 is 5.31. The van der Waals surface area contributed by atoms with Gasteiger partial charge in [0.25, 0.3) is 0 Å². The van der Waals surface area contributed by atoms with E-state index >= 15 is 0 Å². The fraction of sp³-hybridized carbons (Fsp3) is 0.214. The van der Waals surface area contributed by atoms with Gasteiger partial charge >= 0.3 is 0 Å². The highest BCUT2D eigenvalue weighted by Crippen LogP contribution is 2.34. The SMILES string of the molecule is Cc1ccoc1-c1c(C#N)c2[nH]cnc(=S)c2n1CCN. The lowest BCUT2D eigenvalue weighted by atomic mass is 10.1. The monoisotopic (exact) mass is 299 g/mol. The van der Waals surface area contributed by atoms with Crippen LogP contribution >= 0.6 is 12.2 Å². The number of nitrogens with one attached hydrogen (secondary N) is 1. The lowest BCUT2D eigenvalue weighted by Crippen LogP contribution is -2.11. The summed E-state index contributed by atoms with van der Waals surface area (Å²) in [5.74, 6) is 0.652. The van der Waals surface area contributed by atoms with Crippen molar-refractivity contribution in [1.82, 2.24) is 14.5 Å². The van der Waals surface area contributed by atoms with E-state index in [-0.39, 0.29) is 0 Å². The first-order chi connectivity index (χ1) is 10.2. The van der Waals surface area contributed by atoms with Gasteiger partial charge in [0.15, 0.2) is 10.4 Å². The van der Waals surface area contributed by atoms with Crippen LogP contribution < -0.4 is 5.73 Å². The molecule has 21 heavy (non-hydrogen) atoms. The fourth-order valence-electron chi connectivity index (χ4n) is 2.51. The van der Waals surface area contributed by atoms with E-state index in [4.69, 9.17) is 22.4 Å². The second kappa shape index (κ2) is 5.16. The van der Waals surface area contributed by atoms with E-state index in [1.165, 1.54) is 6.33 Å². The van der Waals surface area contributed by atoms with Crippen LogP contribution in [0.15, 0.2) is 23.1 Å². The van der Waals surface area contributed by atoms with Crippen LogP contribution in [0.4, 0.5) is 0 Å². The second-order valence-electron chi connectivity index (χ2n) is 4.64. The van der Waals surface area contributed by atoms with Gasteiger partial charge in [-0.15, -0.1) is 0 Å². The third-order valence-electron chi connectivity index (χ3n) is 3.40. The molecule has 0 unspecified atom stereocenters. The van der Waals surface area contributed by atoms with E-state index in [1.54, 1.807) is 6.26 Å². The van der Waals surface area contributed by atoms with E-state index < -0.39 is 0 Å². The number of fused-ring (bicyclic) bond motifs is 1. The van der Waals surface area contributed by atoms with Crippen LogP contribution in [-0.4, -0.2) is 21.1 Å². The van der Waals surface area contributed by atoms with Crippen LogP contribution in [0.3, 0.4) is 0 Å². The number of nitrogens with two attached hydrogens (primary N) is 1. The van der Waals surface area contributed by atoms with Crippen LogP contribution in [0, 0.1) is 22.9 Å². The Labute approximate surface area is 125 Å². The number of furan rings is 1. The molecule has 0 aliphatic carbocycles. The molecule has 0 aromatic carbocycles. The van der Waals surface area contributed by atoms with Crippen molar-refractivity contribution >= 4 is 23.3 Å². The molecule has 0 atom stereocenters. The Morgan fingerprint density at radius 3 is 3.00 bits per heavy atom. The first kappa shape index (κ1) is 13.5. The summed E-state index contributed by atoms with van der Waals surface area (Å²) in [7, 11) is 0. The molecule has 3 aromatic rings. The Morgan fingerprint density at radius 1 is 1.57 bits per heavy atom. The number of hydrogen-bond acceptors (Lipinski definition) is 5. The smallest absolute Gasteiger partial charge is 0.154 e. The molecule has 0 aliphatic heterocycles. The number of nitriles is 1. The van der Waals surface area contributed by atoms with E-state index in [9.17, 15) is 5.26 Å². The van der Waals surface area contributed by atoms with Gasteiger partial charge in [-0.2, -0.15) is 5.26 Å². The molecule has 3 heterocycles. The third-order valence-corrected chi connectivity index (χ3v) is 3.70. The molecular formula is C14H13N5OS. The van der Waals surface area contributed by atoms with E-state index in [1.807, 2.05) is 17.6 Å². The normalized spacial score (nSPS) is 10.9. The molecule has 0 saturated heterocycles. The minimum absolute atomic E-state index is 0.422. The molecule has 0 aliphatic rings.